The third kappa shape index (κ3) is 4.76. The van der Waals surface area contributed by atoms with E-state index >= 15 is 0 Å². The molecule has 0 radical (unpaired) electrons. The summed E-state index contributed by atoms with van der Waals surface area (Å²) in [5.41, 5.74) is 2.93. The van der Waals surface area contributed by atoms with Gasteiger partial charge in [0, 0.05) is 24.1 Å². The molecule has 1 aromatic heterocycles. The second-order valence-corrected chi connectivity index (χ2v) is 7.80. The lowest BCUT2D eigenvalue weighted by Gasteiger charge is -2.28. The largest absolute Gasteiger partial charge is 0.489 e. The topological polar surface area (TPSA) is 74.9 Å². The molecular weight excluding hydrogens is 404 g/mol. The van der Waals surface area contributed by atoms with Crippen molar-refractivity contribution in [3.63, 3.8) is 0 Å². The molecule has 0 bridgehead atoms. The lowest BCUT2D eigenvalue weighted by Crippen LogP contribution is -2.38. The summed E-state index contributed by atoms with van der Waals surface area (Å²) < 4.78 is 7.94. The number of likely N-dealkylation sites (N-methyl/N-ethyl adjacent to an activating group) is 1. The van der Waals surface area contributed by atoms with Crippen molar-refractivity contribution in [2.45, 2.75) is 18.8 Å². The summed E-state index contributed by atoms with van der Waals surface area (Å²) >= 11 is 0. The van der Waals surface area contributed by atoms with Gasteiger partial charge in [0.05, 0.1) is 18.7 Å². The van der Waals surface area contributed by atoms with E-state index in [1.807, 2.05) is 95.7 Å². The molecule has 0 unspecified atom stereocenters. The highest BCUT2D eigenvalue weighted by atomic mass is 16.5. The average molecular weight is 431 g/mol. The minimum atomic E-state index is -1.08. The molecule has 32 heavy (non-hydrogen) atoms. The number of aliphatic hydroxyl groups excluding tert-OH is 1. The SMILES string of the molecule is CN(C[C@@H](O)[C@H](c1ccccc1)n1ccc2cc(OCc3ccccc3)ccc21)C(=O)O. The van der Waals surface area contributed by atoms with Crippen LogP contribution >= 0.6 is 0 Å². The van der Waals surface area contributed by atoms with Gasteiger partial charge in [-0.2, -0.15) is 0 Å². The van der Waals surface area contributed by atoms with Crippen LogP contribution < -0.4 is 4.74 Å². The van der Waals surface area contributed by atoms with Crippen molar-refractivity contribution < 1.29 is 19.7 Å². The third-order valence-electron chi connectivity index (χ3n) is 5.53. The molecule has 6 heteroatoms. The van der Waals surface area contributed by atoms with E-state index in [9.17, 15) is 15.0 Å². The standard InChI is InChI=1S/C26H26N2O4/c1-27(26(30)31)17-24(29)25(20-10-6-3-7-11-20)28-15-14-21-16-22(12-13-23(21)28)32-18-19-8-4-2-5-9-19/h2-16,24-25,29H,17-18H2,1H3,(H,30,31)/t24-,25+/m1/s1. The number of carbonyl (C=O) groups is 1. The van der Waals surface area contributed by atoms with Gasteiger partial charge in [-0.1, -0.05) is 60.7 Å². The van der Waals surface area contributed by atoms with E-state index < -0.39 is 18.2 Å². The van der Waals surface area contributed by atoms with Crippen LogP contribution in [0.2, 0.25) is 0 Å². The quantitative estimate of drug-likeness (QED) is 0.422. The molecule has 2 atom stereocenters. The Labute approximate surface area is 186 Å². The number of hydrogen-bond donors (Lipinski definition) is 2. The molecule has 0 fully saturated rings. The molecule has 4 aromatic rings. The molecular formula is C26H26N2O4. The molecule has 1 amide bonds. The molecule has 2 N–H and O–H groups in total. The van der Waals surface area contributed by atoms with Gasteiger partial charge in [0.25, 0.3) is 0 Å². The van der Waals surface area contributed by atoms with Gasteiger partial charge in [-0.15, -0.1) is 0 Å². The van der Waals surface area contributed by atoms with Gasteiger partial charge in [-0.3, -0.25) is 0 Å². The predicted octanol–water partition coefficient (Wildman–Crippen LogP) is 4.78. The van der Waals surface area contributed by atoms with Crippen LogP contribution in [-0.4, -0.2) is 45.5 Å². The highest BCUT2D eigenvalue weighted by Gasteiger charge is 2.26. The molecule has 164 valence electrons. The number of hydrogen-bond acceptors (Lipinski definition) is 3. The molecule has 4 rings (SSSR count). The van der Waals surface area contributed by atoms with Crippen LogP contribution in [0.5, 0.6) is 5.75 Å². The summed E-state index contributed by atoms with van der Waals surface area (Å²) in [5, 5.41) is 21.3. The summed E-state index contributed by atoms with van der Waals surface area (Å²) in [6.07, 6.45) is -0.0793. The van der Waals surface area contributed by atoms with Crippen LogP contribution in [-0.2, 0) is 6.61 Å². The van der Waals surface area contributed by atoms with Crippen molar-refractivity contribution >= 4 is 17.0 Å². The second-order valence-electron chi connectivity index (χ2n) is 7.80. The molecule has 0 saturated carbocycles. The number of amides is 1. The zero-order valence-electron chi connectivity index (χ0n) is 17.8. The van der Waals surface area contributed by atoms with Gasteiger partial charge in [0.1, 0.15) is 12.4 Å². The Hall–Kier alpha value is -3.77. The third-order valence-corrected chi connectivity index (χ3v) is 5.53. The van der Waals surface area contributed by atoms with Crippen LogP contribution in [0.15, 0.2) is 91.1 Å². The van der Waals surface area contributed by atoms with Crippen molar-refractivity contribution in [2.24, 2.45) is 0 Å². The van der Waals surface area contributed by atoms with Crippen LogP contribution in [0.4, 0.5) is 4.79 Å². The fourth-order valence-corrected chi connectivity index (χ4v) is 3.89. The van der Waals surface area contributed by atoms with E-state index in [1.165, 1.54) is 7.05 Å². The summed E-state index contributed by atoms with van der Waals surface area (Å²) in [4.78, 5) is 12.4. The van der Waals surface area contributed by atoms with E-state index in [0.717, 1.165) is 32.7 Å². The summed E-state index contributed by atoms with van der Waals surface area (Å²) in [5.74, 6) is 0.765. The maximum absolute atomic E-state index is 11.3. The lowest BCUT2D eigenvalue weighted by atomic mass is 10.0. The van der Waals surface area contributed by atoms with E-state index in [0.29, 0.717) is 6.61 Å². The van der Waals surface area contributed by atoms with Crippen LogP contribution in [0.25, 0.3) is 10.9 Å². The van der Waals surface area contributed by atoms with Gasteiger partial charge < -0.3 is 24.4 Å². The van der Waals surface area contributed by atoms with E-state index in [2.05, 4.69) is 0 Å². The zero-order valence-corrected chi connectivity index (χ0v) is 17.8. The Balaban J connectivity index is 1.63. The van der Waals surface area contributed by atoms with Gasteiger partial charge >= 0.3 is 6.09 Å². The number of fused-ring (bicyclic) bond motifs is 1. The Morgan fingerprint density at radius 3 is 2.38 bits per heavy atom. The molecule has 0 aliphatic heterocycles. The van der Waals surface area contributed by atoms with Crippen LogP contribution in [0.3, 0.4) is 0 Å². The smallest absolute Gasteiger partial charge is 0.407 e. The van der Waals surface area contributed by atoms with Crippen molar-refractivity contribution in [1.82, 2.24) is 9.47 Å². The molecule has 3 aromatic carbocycles. The van der Waals surface area contributed by atoms with Crippen molar-refractivity contribution in [3.05, 3.63) is 102 Å². The highest BCUT2D eigenvalue weighted by molar-refractivity contribution is 5.82. The molecule has 0 aliphatic carbocycles. The molecule has 0 saturated heterocycles. The van der Waals surface area contributed by atoms with E-state index in [4.69, 9.17) is 4.74 Å². The second kappa shape index (κ2) is 9.58. The maximum atomic E-state index is 11.3. The molecule has 0 aliphatic rings. The Bertz CT molecular complexity index is 1170. The predicted molar refractivity (Wildman–Crippen MR) is 124 cm³/mol. The van der Waals surface area contributed by atoms with Gasteiger partial charge in [0.15, 0.2) is 0 Å². The van der Waals surface area contributed by atoms with Crippen molar-refractivity contribution in [2.75, 3.05) is 13.6 Å². The minimum absolute atomic E-state index is 0.00711. The number of rotatable bonds is 8. The first-order chi connectivity index (χ1) is 15.5. The van der Waals surface area contributed by atoms with Gasteiger partial charge in [-0.25, -0.2) is 4.79 Å². The first-order valence-corrected chi connectivity index (χ1v) is 10.5. The Kier molecular flexibility index (Phi) is 6.42. The summed E-state index contributed by atoms with van der Waals surface area (Å²) in [6.45, 7) is 0.479. The zero-order chi connectivity index (χ0) is 22.5. The van der Waals surface area contributed by atoms with Gasteiger partial charge in [0.2, 0.25) is 0 Å². The average Bonchev–Trinajstić information content (AvgIpc) is 3.22. The normalized spacial score (nSPS) is 12.9. The van der Waals surface area contributed by atoms with Crippen molar-refractivity contribution in [1.29, 1.82) is 0 Å². The monoisotopic (exact) mass is 430 g/mol. The highest BCUT2D eigenvalue weighted by Crippen LogP contribution is 2.30. The van der Waals surface area contributed by atoms with E-state index in [1.54, 1.807) is 0 Å². The number of nitrogens with zero attached hydrogens (tertiary/aromatic N) is 2. The minimum Gasteiger partial charge on any atom is -0.489 e. The Morgan fingerprint density at radius 1 is 1.00 bits per heavy atom. The number of carboxylic acid groups (broad SMARTS) is 1. The van der Waals surface area contributed by atoms with Crippen LogP contribution in [0, 0.1) is 0 Å². The number of benzene rings is 3. The first kappa shape index (κ1) is 21.5. The summed E-state index contributed by atoms with van der Waals surface area (Å²) in [6, 6.07) is 27.0. The maximum Gasteiger partial charge on any atom is 0.407 e. The van der Waals surface area contributed by atoms with E-state index in [-0.39, 0.29) is 6.54 Å². The van der Waals surface area contributed by atoms with Gasteiger partial charge in [-0.05, 0) is 35.4 Å². The lowest BCUT2D eigenvalue weighted by molar-refractivity contribution is 0.0850. The fourth-order valence-electron chi connectivity index (χ4n) is 3.89. The number of aromatic nitrogens is 1. The van der Waals surface area contributed by atoms with Crippen LogP contribution in [0.1, 0.15) is 17.2 Å². The first-order valence-electron chi connectivity index (χ1n) is 10.5. The summed E-state index contributed by atoms with van der Waals surface area (Å²) in [7, 11) is 1.46. The number of ether oxygens (including phenoxy) is 1. The van der Waals surface area contributed by atoms with Crippen molar-refractivity contribution in [3.8, 4) is 5.75 Å². The Morgan fingerprint density at radius 2 is 1.69 bits per heavy atom. The number of aliphatic hydroxyl groups is 1. The molecule has 1 heterocycles. The fraction of sp³-hybridized carbons (Fsp3) is 0.192. The molecule has 0 spiro atoms. The molecule has 6 nitrogen and oxygen atoms in total.